The number of ether oxygens (including phenoxy) is 1. The smallest absolute Gasteiger partial charge is 0.124 e. The summed E-state index contributed by atoms with van der Waals surface area (Å²) < 4.78 is 7.12. The van der Waals surface area contributed by atoms with Gasteiger partial charge in [-0.3, -0.25) is 0 Å². The third kappa shape index (κ3) is 5.07. The van der Waals surface area contributed by atoms with Crippen molar-refractivity contribution in [2.75, 3.05) is 6.61 Å². The molecule has 2 aromatic carbocycles. The highest BCUT2D eigenvalue weighted by Crippen LogP contribution is 2.32. The monoisotopic (exact) mass is 367 g/mol. The summed E-state index contributed by atoms with van der Waals surface area (Å²) in [5.41, 5.74) is 3.68. The van der Waals surface area contributed by atoms with Crippen LogP contribution in [0.5, 0.6) is 5.75 Å². The molecule has 0 N–H and O–H groups in total. The van der Waals surface area contributed by atoms with Crippen molar-refractivity contribution in [3.05, 3.63) is 48.0 Å². The van der Waals surface area contributed by atoms with Gasteiger partial charge in [-0.05, 0) is 61.2 Å². The lowest BCUT2D eigenvalue weighted by atomic mass is 10.1. The van der Waals surface area contributed by atoms with Crippen molar-refractivity contribution in [3.63, 3.8) is 0 Å². The van der Waals surface area contributed by atoms with Gasteiger partial charge in [-0.15, -0.1) is 11.3 Å². The van der Waals surface area contributed by atoms with Gasteiger partial charge in [-0.2, -0.15) is 0 Å². The van der Waals surface area contributed by atoms with Crippen LogP contribution in [0.3, 0.4) is 0 Å². The topological polar surface area (TPSA) is 22.1 Å². The Bertz CT molecular complexity index is 807. The van der Waals surface area contributed by atoms with Gasteiger partial charge < -0.3 is 4.74 Å². The van der Waals surface area contributed by atoms with Crippen LogP contribution in [-0.4, -0.2) is 11.6 Å². The Hall–Kier alpha value is -1.87. The van der Waals surface area contributed by atoms with Crippen LogP contribution in [0, 0.1) is 0 Å². The number of hydrogen-bond acceptors (Lipinski definition) is 3. The lowest BCUT2D eigenvalue weighted by molar-refractivity contribution is 0.305. The summed E-state index contributed by atoms with van der Waals surface area (Å²) >= 11 is 1.78. The van der Waals surface area contributed by atoms with Crippen molar-refractivity contribution >= 4 is 21.6 Å². The van der Waals surface area contributed by atoms with E-state index >= 15 is 0 Å². The number of hydrogen-bond donors (Lipinski definition) is 0. The van der Waals surface area contributed by atoms with Crippen molar-refractivity contribution in [1.82, 2.24) is 4.98 Å². The van der Waals surface area contributed by atoms with E-state index in [0.29, 0.717) is 0 Å². The molecule has 0 atom stereocenters. The average Bonchev–Trinajstić information content (AvgIpc) is 3.10. The maximum Gasteiger partial charge on any atom is 0.124 e. The van der Waals surface area contributed by atoms with E-state index in [-0.39, 0.29) is 0 Å². The highest BCUT2D eigenvalue weighted by molar-refractivity contribution is 7.21. The largest absolute Gasteiger partial charge is 0.494 e. The number of nitrogens with zero attached hydrogens (tertiary/aromatic N) is 1. The van der Waals surface area contributed by atoms with E-state index in [9.17, 15) is 0 Å². The molecule has 0 aliphatic rings. The summed E-state index contributed by atoms with van der Waals surface area (Å²) in [6.07, 6.45) is 8.57. The zero-order valence-electron chi connectivity index (χ0n) is 16.0. The van der Waals surface area contributed by atoms with Crippen LogP contribution in [0.2, 0.25) is 0 Å². The molecule has 3 heteroatoms. The van der Waals surface area contributed by atoms with Gasteiger partial charge in [0.15, 0.2) is 0 Å². The number of unbranched alkanes of at least 4 members (excludes halogenated alkanes) is 4. The average molecular weight is 368 g/mol. The zero-order valence-corrected chi connectivity index (χ0v) is 16.8. The SMILES string of the molecule is CCCCCCOc1ccc(-c2nc3ccc(CCCC)cc3s2)cc1. The van der Waals surface area contributed by atoms with E-state index in [1.807, 2.05) is 0 Å². The third-order valence-electron chi connectivity index (χ3n) is 4.64. The molecule has 0 aliphatic carbocycles. The summed E-state index contributed by atoms with van der Waals surface area (Å²) in [5.74, 6) is 0.952. The van der Waals surface area contributed by atoms with E-state index in [1.54, 1.807) is 11.3 Å². The first kappa shape index (κ1) is 18.9. The second-order valence-electron chi connectivity index (χ2n) is 6.86. The van der Waals surface area contributed by atoms with Crippen molar-refractivity contribution in [2.45, 2.75) is 58.8 Å². The Balaban J connectivity index is 1.64. The fourth-order valence-corrected chi connectivity index (χ4v) is 4.08. The molecule has 0 fully saturated rings. The maximum absolute atomic E-state index is 5.84. The van der Waals surface area contributed by atoms with Gasteiger partial charge in [-0.1, -0.05) is 45.6 Å². The van der Waals surface area contributed by atoms with Crippen molar-refractivity contribution in [3.8, 4) is 16.3 Å². The first-order valence-corrected chi connectivity index (χ1v) is 10.7. The molecule has 0 spiro atoms. The molecule has 26 heavy (non-hydrogen) atoms. The molecule has 0 aliphatic heterocycles. The lowest BCUT2D eigenvalue weighted by Gasteiger charge is -2.06. The van der Waals surface area contributed by atoms with Gasteiger partial charge in [-0.25, -0.2) is 4.98 Å². The highest BCUT2D eigenvalue weighted by Gasteiger charge is 2.07. The minimum Gasteiger partial charge on any atom is -0.494 e. The number of aryl methyl sites for hydroxylation is 1. The molecule has 3 aromatic rings. The van der Waals surface area contributed by atoms with E-state index in [1.165, 1.54) is 47.9 Å². The minimum atomic E-state index is 0.807. The van der Waals surface area contributed by atoms with Gasteiger partial charge in [0.25, 0.3) is 0 Å². The molecule has 1 heterocycles. The van der Waals surface area contributed by atoms with Crippen LogP contribution in [0.4, 0.5) is 0 Å². The molecule has 0 bridgehead atoms. The van der Waals surface area contributed by atoms with Crippen LogP contribution in [-0.2, 0) is 6.42 Å². The van der Waals surface area contributed by atoms with Crippen molar-refractivity contribution in [2.24, 2.45) is 0 Å². The van der Waals surface area contributed by atoms with E-state index < -0.39 is 0 Å². The quantitative estimate of drug-likeness (QED) is 0.352. The number of fused-ring (bicyclic) bond motifs is 1. The Kier molecular flexibility index (Phi) is 7.07. The third-order valence-corrected chi connectivity index (χ3v) is 5.71. The van der Waals surface area contributed by atoms with E-state index in [2.05, 4.69) is 56.3 Å². The van der Waals surface area contributed by atoms with E-state index in [4.69, 9.17) is 9.72 Å². The van der Waals surface area contributed by atoms with Gasteiger partial charge in [0.05, 0.1) is 16.8 Å². The summed E-state index contributed by atoms with van der Waals surface area (Å²) in [7, 11) is 0. The van der Waals surface area contributed by atoms with Gasteiger partial charge >= 0.3 is 0 Å². The summed E-state index contributed by atoms with van der Waals surface area (Å²) in [5, 5.41) is 1.09. The number of benzene rings is 2. The van der Waals surface area contributed by atoms with Crippen LogP contribution < -0.4 is 4.74 Å². The second-order valence-corrected chi connectivity index (χ2v) is 7.89. The highest BCUT2D eigenvalue weighted by atomic mass is 32.1. The molecule has 0 unspecified atom stereocenters. The standard InChI is InChI=1S/C23H29NOS/c1-3-5-7-8-16-25-20-13-11-19(12-14-20)23-24-21-15-10-18(9-6-4-2)17-22(21)26-23/h10-15,17H,3-9,16H2,1-2H3. The second kappa shape index (κ2) is 9.72. The number of aromatic nitrogens is 1. The Labute approximate surface area is 161 Å². The molecule has 2 nitrogen and oxygen atoms in total. The fraction of sp³-hybridized carbons (Fsp3) is 0.435. The Morgan fingerprint density at radius 3 is 2.46 bits per heavy atom. The van der Waals surface area contributed by atoms with E-state index in [0.717, 1.165) is 35.7 Å². The van der Waals surface area contributed by atoms with Crippen molar-refractivity contribution in [1.29, 1.82) is 0 Å². The van der Waals surface area contributed by atoms with Crippen LogP contribution in [0.1, 0.15) is 57.9 Å². The maximum atomic E-state index is 5.84. The van der Waals surface area contributed by atoms with Gasteiger partial charge in [0, 0.05) is 5.56 Å². The number of rotatable bonds is 10. The molecule has 1 aromatic heterocycles. The Morgan fingerprint density at radius 1 is 0.885 bits per heavy atom. The molecular weight excluding hydrogens is 338 g/mol. The first-order valence-electron chi connectivity index (χ1n) is 9.93. The molecule has 0 radical (unpaired) electrons. The molecular formula is C23H29NOS. The normalized spacial score (nSPS) is 11.2. The minimum absolute atomic E-state index is 0.807. The fourth-order valence-electron chi connectivity index (χ4n) is 3.04. The summed E-state index contributed by atoms with van der Waals surface area (Å²) in [6, 6.07) is 15.1. The molecule has 0 saturated carbocycles. The molecule has 138 valence electrons. The summed E-state index contributed by atoms with van der Waals surface area (Å²) in [4.78, 5) is 4.81. The zero-order chi connectivity index (χ0) is 18.2. The summed E-state index contributed by atoms with van der Waals surface area (Å²) in [6.45, 7) is 5.27. The predicted octanol–water partition coefficient (Wildman–Crippen LogP) is 7.27. The molecule has 3 rings (SSSR count). The van der Waals surface area contributed by atoms with Crippen LogP contribution >= 0.6 is 11.3 Å². The van der Waals surface area contributed by atoms with Gasteiger partial charge in [0.1, 0.15) is 10.8 Å². The first-order chi connectivity index (χ1) is 12.8. The van der Waals surface area contributed by atoms with Crippen LogP contribution in [0.15, 0.2) is 42.5 Å². The molecule has 0 amide bonds. The lowest BCUT2D eigenvalue weighted by Crippen LogP contribution is -1.96. The predicted molar refractivity (Wildman–Crippen MR) is 113 cm³/mol. The number of thiazole rings is 1. The Morgan fingerprint density at radius 2 is 1.69 bits per heavy atom. The van der Waals surface area contributed by atoms with Gasteiger partial charge in [0.2, 0.25) is 0 Å². The van der Waals surface area contributed by atoms with Crippen molar-refractivity contribution < 1.29 is 4.74 Å². The molecule has 0 saturated heterocycles. The van der Waals surface area contributed by atoms with Crippen LogP contribution in [0.25, 0.3) is 20.8 Å².